The van der Waals surface area contributed by atoms with Crippen LogP contribution in [0, 0.1) is 30.5 Å². The first-order valence-corrected chi connectivity index (χ1v) is 9.64. The number of carboxylic acid groups (broad SMARTS) is 1. The number of hydrogen-bond donors (Lipinski definition) is 1. The smallest absolute Gasteiger partial charge is 0.308 e. The van der Waals surface area contributed by atoms with Crippen LogP contribution in [0.2, 0.25) is 0 Å². The fourth-order valence-corrected chi connectivity index (χ4v) is 5.04. The summed E-state index contributed by atoms with van der Waals surface area (Å²) in [5.41, 5.74) is 1.85. The van der Waals surface area contributed by atoms with Crippen LogP contribution in [0.4, 0.5) is 4.39 Å². The number of likely N-dealkylation sites (tertiary alicyclic amines) is 1. The number of amides is 1. The molecule has 1 aliphatic carbocycles. The molecule has 2 fully saturated rings. The van der Waals surface area contributed by atoms with Gasteiger partial charge in [0.1, 0.15) is 5.82 Å². The van der Waals surface area contributed by atoms with Crippen LogP contribution in [0.1, 0.15) is 28.1 Å². The Hall–Kier alpha value is -2.21. The zero-order valence-corrected chi connectivity index (χ0v) is 15.3. The Morgan fingerprint density at radius 3 is 2.50 bits per heavy atom. The molecule has 1 aromatic carbocycles. The van der Waals surface area contributed by atoms with E-state index in [9.17, 15) is 19.1 Å². The molecule has 0 radical (unpaired) electrons. The number of nitrogens with zero attached hydrogens (tertiary/aromatic N) is 1. The van der Waals surface area contributed by atoms with Gasteiger partial charge in [0.15, 0.2) is 0 Å². The molecule has 136 valence electrons. The minimum Gasteiger partial charge on any atom is -0.481 e. The Labute approximate surface area is 155 Å². The second-order valence-electron chi connectivity index (χ2n) is 7.29. The third-order valence-corrected chi connectivity index (χ3v) is 6.71. The molecule has 2 aliphatic rings. The maximum atomic E-state index is 13.1. The Morgan fingerprint density at radius 2 is 1.88 bits per heavy atom. The van der Waals surface area contributed by atoms with Gasteiger partial charge >= 0.3 is 5.97 Å². The fraction of sp³-hybridized carbons (Fsp3) is 0.400. The summed E-state index contributed by atoms with van der Waals surface area (Å²) in [5.74, 6) is -1.11. The van der Waals surface area contributed by atoms with Crippen molar-refractivity contribution in [3.8, 4) is 10.4 Å². The first-order valence-electron chi connectivity index (χ1n) is 8.82. The molecule has 26 heavy (non-hydrogen) atoms. The normalized spacial score (nSPS) is 22.6. The number of carbonyl (C=O) groups is 2. The van der Waals surface area contributed by atoms with E-state index in [1.165, 1.54) is 23.5 Å². The standard InChI is InChI=1S/C20H20FNO3S/c1-11-8-17(26-18(11)13-4-6-14(21)7-5-13)19(23)22-9-15(12-2-3-12)16(10-22)20(24)25/h4-8,12,15-16H,2-3,9-10H2,1H3,(H,24,25)/t15-,16+/m1/s1. The highest BCUT2D eigenvalue weighted by Crippen LogP contribution is 2.44. The summed E-state index contributed by atoms with van der Waals surface area (Å²) in [7, 11) is 0. The summed E-state index contributed by atoms with van der Waals surface area (Å²) < 4.78 is 13.1. The van der Waals surface area contributed by atoms with Crippen LogP contribution >= 0.6 is 11.3 Å². The van der Waals surface area contributed by atoms with Crippen LogP contribution in [0.15, 0.2) is 30.3 Å². The van der Waals surface area contributed by atoms with Crippen LogP contribution in [0.5, 0.6) is 0 Å². The van der Waals surface area contributed by atoms with Gasteiger partial charge in [0.05, 0.1) is 10.8 Å². The van der Waals surface area contributed by atoms with E-state index < -0.39 is 11.9 Å². The predicted molar refractivity (Wildman–Crippen MR) is 97.7 cm³/mol. The second-order valence-corrected chi connectivity index (χ2v) is 8.34. The van der Waals surface area contributed by atoms with Gasteiger partial charge in [-0.25, -0.2) is 4.39 Å². The van der Waals surface area contributed by atoms with Crippen molar-refractivity contribution in [3.05, 3.63) is 46.6 Å². The van der Waals surface area contributed by atoms with Crippen LogP contribution in [0.3, 0.4) is 0 Å². The molecular formula is C20H20FNO3S. The highest BCUT2D eigenvalue weighted by molar-refractivity contribution is 7.17. The summed E-state index contributed by atoms with van der Waals surface area (Å²) in [4.78, 5) is 27.7. The minimum atomic E-state index is -0.799. The summed E-state index contributed by atoms with van der Waals surface area (Å²) in [6, 6.07) is 8.10. The third kappa shape index (κ3) is 3.14. The van der Waals surface area contributed by atoms with E-state index in [1.54, 1.807) is 17.0 Å². The van der Waals surface area contributed by atoms with E-state index in [2.05, 4.69) is 0 Å². The van der Waals surface area contributed by atoms with Crippen molar-refractivity contribution in [2.75, 3.05) is 13.1 Å². The monoisotopic (exact) mass is 373 g/mol. The number of benzene rings is 1. The molecule has 1 amide bonds. The molecule has 0 spiro atoms. The average Bonchev–Trinajstić information content (AvgIpc) is 3.24. The van der Waals surface area contributed by atoms with Crippen LogP contribution in [0.25, 0.3) is 10.4 Å². The maximum Gasteiger partial charge on any atom is 0.308 e. The highest BCUT2D eigenvalue weighted by Gasteiger charge is 2.47. The molecule has 2 atom stereocenters. The van der Waals surface area contributed by atoms with Gasteiger partial charge in [0.25, 0.3) is 5.91 Å². The third-order valence-electron chi connectivity index (χ3n) is 5.43. The lowest BCUT2D eigenvalue weighted by Gasteiger charge is -2.15. The first-order chi connectivity index (χ1) is 12.4. The van der Waals surface area contributed by atoms with Crippen molar-refractivity contribution in [2.45, 2.75) is 19.8 Å². The molecule has 4 rings (SSSR count). The highest BCUT2D eigenvalue weighted by atomic mass is 32.1. The Balaban J connectivity index is 1.56. The number of thiophene rings is 1. The minimum absolute atomic E-state index is 0.0779. The average molecular weight is 373 g/mol. The molecule has 6 heteroatoms. The van der Waals surface area contributed by atoms with E-state index in [-0.39, 0.29) is 24.2 Å². The van der Waals surface area contributed by atoms with Gasteiger partial charge in [-0.1, -0.05) is 12.1 Å². The summed E-state index contributed by atoms with van der Waals surface area (Å²) in [6.07, 6.45) is 2.15. The molecule has 1 aliphatic heterocycles. The number of carbonyl (C=O) groups excluding carboxylic acids is 1. The molecule has 1 aromatic heterocycles. The van der Waals surface area contributed by atoms with Gasteiger partial charge in [-0.3, -0.25) is 9.59 Å². The fourth-order valence-electron chi connectivity index (χ4n) is 3.89. The first kappa shape index (κ1) is 17.2. The summed E-state index contributed by atoms with van der Waals surface area (Å²) in [5, 5.41) is 9.48. The van der Waals surface area contributed by atoms with E-state index in [1.807, 2.05) is 13.0 Å². The quantitative estimate of drug-likeness (QED) is 0.880. The van der Waals surface area contributed by atoms with Crippen molar-refractivity contribution in [3.63, 3.8) is 0 Å². The van der Waals surface area contributed by atoms with Crippen LogP contribution in [-0.2, 0) is 4.79 Å². The molecule has 1 saturated carbocycles. The molecule has 1 saturated heterocycles. The molecule has 2 aromatic rings. The lowest BCUT2D eigenvalue weighted by molar-refractivity contribution is -0.142. The van der Waals surface area contributed by atoms with E-state index in [0.29, 0.717) is 17.3 Å². The number of carboxylic acids is 1. The SMILES string of the molecule is Cc1cc(C(=O)N2C[C@H](C(=O)O)[C@@H](C3CC3)C2)sc1-c1ccc(F)cc1. The van der Waals surface area contributed by atoms with Crippen LogP contribution in [-0.4, -0.2) is 35.0 Å². The molecule has 0 bridgehead atoms. The van der Waals surface area contributed by atoms with Crippen molar-refractivity contribution in [2.24, 2.45) is 17.8 Å². The Morgan fingerprint density at radius 1 is 1.19 bits per heavy atom. The van der Waals surface area contributed by atoms with E-state index >= 15 is 0 Å². The van der Waals surface area contributed by atoms with Crippen molar-refractivity contribution in [1.29, 1.82) is 0 Å². The van der Waals surface area contributed by atoms with Crippen molar-refractivity contribution < 1.29 is 19.1 Å². The molecule has 2 heterocycles. The number of halogens is 1. The van der Waals surface area contributed by atoms with Crippen LogP contribution < -0.4 is 0 Å². The second kappa shape index (κ2) is 6.50. The zero-order valence-electron chi connectivity index (χ0n) is 14.4. The lowest BCUT2D eigenvalue weighted by atomic mass is 9.92. The summed E-state index contributed by atoms with van der Waals surface area (Å²) in [6.45, 7) is 2.75. The summed E-state index contributed by atoms with van der Waals surface area (Å²) >= 11 is 1.39. The van der Waals surface area contributed by atoms with Gasteiger partial charge in [-0.2, -0.15) is 0 Å². The van der Waals surface area contributed by atoms with Gasteiger partial charge in [-0.05, 0) is 60.9 Å². The van der Waals surface area contributed by atoms with Gasteiger partial charge in [-0.15, -0.1) is 11.3 Å². The molecule has 0 unspecified atom stereocenters. The Bertz CT molecular complexity index is 856. The number of aryl methyl sites for hydroxylation is 1. The molecular weight excluding hydrogens is 353 g/mol. The van der Waals surface area contributed by atoms with Gasteiger partial charge in [0.2, 0.25) is 0 Å². The van der Waals surface area contributed by atoms with Crippen molar-refractivity contribution >= 4 is 23.2 Å². The van der Waals surface area contributed by atoms with Gasteiger partial charge in [0, 0.05) is 18.0 Å². The Kier molecular flexibility index (Phi) is 4.31. The van der Waals surface area contributed by atoms with Crippen molar-refractivity contribution in [1.82, 2.24) is 4.90 Å². The zero-order chi connectivity index (χ0) is 18.4. The molecule has 4 nitrogen and oxygen atoms in total. The number of aliphatic carboxylic acids is 1. The maximum absolute atomic E-state index is 13.1. The predicted octanol–water partition coefficient (Wildman–Crippen LogP) is 4.05. The largest absolute Gasteiger partial charge is 0.481 e. The van der Waals surface area contributed by atoms with E-state index in [4.69, 9.17) is 0 Å². The molecule has 1 N–H and O–H groups in total. The number of hydrogen-bond acceptors (Lipinski definition) is 3. The van der Waals surface area contributed by atoms with Gasteiger partial charge < -0.3 is 10.0 Å². The lowest BCUT2D eigenvalue weighted by Crippen LogP contribution is -2.29. The topological polar surface area (TPSA) is 57.6 Å². The van der Waals surface area contributed by atoms with E-state index in [0.717, 1.165) is 28.8 Å². The number of rotatable bonds is 4.